The summed E-state index contributed by atoms with van der Waals surface area (Å²) in [5.74, 6) is -4.92. The lowest BCUT2D eigenvalue weighted by Gasteiger charge is -2.26. The molecule has 0 aliphatic carbocycles. The average molecular weight is 813 g/mol. The number of ether oxygens (including phenoxy) is 2. The number of carbonyl (C=O) groups is 7. The summed E-state index contributed by atoms with van der Waals surface area (Å²) in [6.45, 7) is 4.30. The number of ketones is 1. The number of amides is 4. The number of aliphatic carboxylic acids is 1. The van der Waals surface area contributed by atoms with Crippen LogP contribution < -0.4 is 15.4 Å². The Hall–Kier alpha value is -5.53. The smallest absolute Gasteiger partial charge is 0.397 e. The fourth-order valence-electron chi connectivity index (χ4n) is 4.84. The number of esters is 1. The second kappa shape index (κ2) is 24.1. The van der Waals surface area contributed by atoms with Gasteiger partial charge in [0.05, 0.1) is 13.7 Å². The first kappa shape index (κ1) is 48.5. The minimum absolute atomic E-state index is 0. The van der Waals surface area contributed by atoms with Gasteiger partial charge < -0.3 is 25.2 Å². The van der Waals surface area contributed by atoms with Crippen LogP contribution in [0.2, 0.25) is 0 Å². The van der Waals surface area contributed by atoms with Crippen molar-refractivity contribution >= 4 is 51.7 Å². The molecule has 310 valence electrons. The van der Waals surface area contributed by atoms with Crippen molar-refractivity contribution in [1.82, 2.24) is 15.5 Å². The highest BCUT2D eigenvalue weighted by Crippen LogP contribution is 2.18. The number of Topliss-reactive ketones (excluding diaryl/α,β-unsaturated/α-hetero) is 1. The third-order valence-corrected chi connectivity index (χ3v) is 7.74. The van der Waals surface area contributed by atoms with Gasteiger partial charge in [0.15, 0.2) is 12.4 Å². The van der Waals surface area contributed by atoms with E-state index in [1.54, 1.807) is 32.9 Å². The highest BCUT2D eigenvalue weighted by atomic mass is 32.3. The van der Waals surface area contributed by atoms with Crippen LogP contribution in [0.3, 0.4) is 0 Å². The van der Waals surface area contributed by atoms with Gasteiger partial charge in [-0.15, -0.1) is 0 Å². The Balaban J connectivity index is 0.00000318. The molecule has 2 atom stereocenters. The van der Waals surface area contributed by atoms with Crippen LogP contribution in [-0.4, -0.2) is 104 Å². The van der Waals surface area contributed by atoms with Gasteiger partial charge in [0, 0.05) is 36.6 Å². The molecule has 0 fully saturated rings. The SMILES string of the molecule is C.CC(C)(C)OC(=O)[C@H](CCCCN1C(=O)C=CC1=O)NC(=O)[C@@H](CC(=O)CNC(=O)c1cccc(OCC(=O)O)c1)Cc1ccccc1.COS(=O)(=O)O.[2H]F. The third-order valence-electron chi connectivity index (χ3n) is 7.32. The zero-order valence-electron chi connectivity index (χ0n) is 31.7. The molecule has 0 aromatic heterocycles. The van der Waals surface area contributed by atoms with E-state index in [1.807, 2.05) is 18.2 Å². The van der Waals surface area contributed by atoms with Crippen LogP contribution in [0.4, 0.5) is 4.72 Å². The van der Waals surface area contributed by atoms with Gasteiger partial charge in [0.25, 0.3) is 19.2 Å². The molecule has 3 rings (SSSR count). The molecule has 0 saturated carbocycles. The number of benzene rings is 2. The highest BCUT2D eigenvalue weighted by molar-refractivity contribution is 7.80. The summed E-state index contributed by atoms with van der Waals surface area (Å²) in [5.41, 5.74) is 0.105. The quantitative estimate of drug-likeness (QED) is 0.0690. The monoisotopic (exact) mass is 812 g/mol. The maximum Gasteiger partial charge on any atom is 0.397 e. The molecule has 17 nitrogen and oxygen atoms in total. The molecule has 19 heteroatoms. The van der Waals surface area contributed by atoms with E-state index in [0.717, 1.165) is 17.6 Å². The van der Waals surface area contributed by atoms with Crippen molar-refractivity contribution in [3.05, 3.63) is 77.9 Å². The topological polar surface area (TPSA) is 249 Å². The van der Waals surface area contributed by atoms with Crippen LogP contribution in [0.1, 0.15) is 69.8 Å². The standard InChI is InChI=1S/C35H41N3O10.CH4O4S.CH4.FH/c1-35(2,3)48-34(46)28(14-7-8-17-38-29(40)15-16-30(38)41)37-33(45)25(18-23-10-5-4-6-11-23)19-26(39)21-36-32(44)24-12-9-13-27(20-24)47-22-31(42)43;1-5-6(2,3)4;;/h4-6,9-13,15-16,20,25,28H,7-8,14,17-19,21-22H2,1-3H3,(H,36,44)(H,37,45)(H,42,43);1H3,(H,2,3,4);1H4;1H/t25-,28+;;;/m1.../s1/i/hD. The molecule has 0 radical (unpaired) electrons. The zero-order valence-corrected chi connectivity index (χ0v) is 31.5. The number of carbonyl (C=O) groups excluding carboxylic acids is 6. The fourth-order valence-corrected chi connectivity index (χ4v) is 4.84. The molecule has 56 heavy (non-hydrogen) atoms. The number of imide groups is 1. The molecule has 4 amide bonds. The number of carboxylic acid groups (broad SMARTS) is 1. The van der Waals surface area contributed by atoms with Crippen LogP contribution in [0, 0.1) is 5.92 Å². The van der Waals surface area contributed by atoms with Gasteiger partial charge in [0.1, 0.15) is 17.4 Å². The van der Waals surface area contributed by atoms with Crippen LogP contribution >= 0.6 is 0 Å². The fraction of sp³-hybridized carbons (Fsp3) is 0.432. The van der Waals surface area contributed by atoms with Crippen LogP contribution in [-0.2, 0) is 54.5 Å². The Kier molecular flexibility index (Phi) is 20.9. The normalized spacial score (nSPS) is 13.2. The highest BCUT2D eigenvalue weighted by Gasteiger charge is 2.31. The number of hydrogen-bond donors (Lipinski definition) is 4. The first-order valence-electron chi connectivity index (χ1n) is 17.0. The first-order valence-corrected chi connectivity index (χ1v) is 18.0. The van der Waals surface area contributed by atoms with E-state index in [9.17, 15) is 42.0 Å². The molecule has 2 aromatic rings. The maximum atomic E-state index is 13.7. The molecule has 1 heterocycles. The number of carboxylic acids is 1. The number of hydrogen-bond acceptors (Lipinski definition) is 12. The Morgan fingerprint density at radius 3 is 2.12 bits per heavy atom. The Morgan fingerprint density at radius 2 is 1.57 bits per heavy atom. The van der Waals surface area contributed by atoms with Crippen molar-refractivity contribution < 1.29 is 70.0 Å². The number of nitrogens with zero attached hydrogens (tertiary/aromatic N) is 1. The van der Waals surface area contributed by atoms with Crippen molar-refractivity contribution in [3.8, 4) is 5.75 Å². The van der Waals surface area contributed by atoms with Crippen molar-refractivity contribution in [2.24, 2.45) is 5.92 Å². The van der Waals surface area contributed by atoms with Gasteiger partial charge in [-0.3, -0.25) is 42.3 Å². The predicted octanol–water partition coefficient (Wildman–Crippen LogP) is 2.84. The molecular formula is C37H50FN3O14S. The van der Waals surface area contributed by atoms with E-state index < -0.39 is 75.9 Å². The first-order chi connectivity index (χ1) is 26.3. The molecule has 0 spiro atoms. The van der Waals surface area contributed by atoms with Gasteiger partial charge in [-0.25, -0.2) is 9.59 Å². The number of nitrogens with one attached hydrogen (secondary N) is 2. The second-order valence-corrected chi connectivity index (χ2v) is 14.1. The van der Waals surface area contributed by atoms with Gasteiger partial charge in [-0.1, -0.05) is 43.8 Å². The third kappa shape index (κ3) is 19.7. The van der Waals surface area contributed by atoms with Crippen LogP contribution in [0.25, 0.3) is 0 Å². The second-order valence-electron chi connectivity index (χ2n) is 12.9. The van der Waals surface area contributed by atoms with E-state index in [2.05, 4.69) is 16.3 Å². The van der Waals surface area contributed by atoms with E-state index in [0.29, 0.717) is 12.8 Å². The zero-order chi connectivity index (χ0) is 42.5. The van der Waals surface area contributed by atoms with E-state index >= 15 is 0 Å². The lowest BCUT2D eigenvalue weighted by Crippen LogP contribution is -2.47. The van der Waals surface area contributed by atoms with Gasteiger partial charge in [0.2, 0.25) is 5.91 Å². The largest absolute Gasteiger partial charge is 0.482 e. The number of unbranched alkanes of at least 4 members (excludes halogenated alkanes) is 1. The molecule has 4 N–H and O–H groups in total. The van der Waals surface area contributed by atoms with Gasteiger partial charge in [-0.05, 0) is 70.2 Å². The summed E-state index contributed by atoms with van der Waals surface area (Å²) in [5, 5.41) is 14.1. The predicted molar refractivity (Wildman–Crippen MR) is 200 cm³/mol. The van der Waals surface area contributed by atoms with Gasteiger partial charge in [-0.2, -0.15) is 8.42 Å². The van der Waals surface area contributed by atoms with Crippen LogP contribution in [0.15, 0.2) is 66.7 Å². The molecule has 0 saturated heterocycles. The summed E-state index contributed by atoms with van der Waals surface area (Å²) in [7, 11) is -3.29. The van der Waals surface area contributed by atoms with Crippen LogP contribution in [0.5, 0.6) is 5.75 Å². The van der Waals surface area contributed by atoms with Crippen molar-refractivity contribution in [2.75, 3.05) is 26.8 Å². The van der Waals surface area contributed by atoms with E-state index in [4.69, 9.17) is 23.9 Å². The average Bonchev–Trinajstić information content (AvgIpc) is 3.46. The minimum atomic E-state index is -4.16. The molecule has 2 aromatic carbocycles. The van der Waals surface area contributed by atoms with E-state index in [1.165, 1.54) is 36.4 Å². The summed E-state index contributed by atoms with van der Waals surface area (Å²) in [6.07, 6.45) is 3.29. The molecular weight excluding hydrogens is 761 g/mol. The molecule has 0 bridgehead atoms. The Labute approximate surface area is 326 Å². The number of rotatable bonds is 19. The van der Waals surface area contributed by atoms with Crippen molar-refractivity contribution in [2.45, 2.75) is 71.9 Å². The molecule has 1 aliphatic rings. The van der Waals surface area contributed by atoms with E-state index in [-0.39, 0.29) is 51.1 Å². The molecule has 0 unspecified atom stereocenters. The summed E-state index contributed by atoms with van der Waals surface area (Å²) in [4.78, 5) is 88.2. The lowest BCUT2D eigenvalue weighted by atomic mass is 9.92. The Bertz CT molecular complexity index is 1790. The Morgan fingerprint density at radius 1 is 0.964 bits per heavy atom. The summed E-state index contributed by atoms with van der Waals surface area (Å²) >= 11 is 0. The van der Waals surface area contributed by atoms with Gasteiger partial charge >= 0.3 is 22.3 Å². The summed E-state index contributed by atoms with van der Waals surface area (Å²) in [6, 6.07) is 13.8. The number of halogens is 1. The van der Waals surface area contributed by atoms with Crippen molar-refractivity contribution in [3.63, 3.8) is 0 Å². The maximum absolute atomic E-state index is 13.7. The summed E-state index contributed by atoms with van der Waals surface area (Å²) < 4.78 is 53.4. The molecule has 1 aliphatic heterocycles. The van der Waals surface area contributed by atoms with Crippen molar-refractivity contribution in [1.29, 1.82) is 1.45 Å². The lowest BCUT2D eigenvalue weighted by molar-refractivity contribution is -0.159. The minimum Gasteiger partial charge on any atom is -0.482 e.